The van der Waals surface area contributed by atoms with Crippen molar-refractivity contribution in [2.45, 2.75) is 0 Å². The highest BCUT2D eigenvalue weighted by atomic mass is 127. The number of hydrogen-bond acceptors (Lipinski definition) is 0. The Morgan fingerprint density at radius 1 is 0.875 bits per heavy atom. The first-order valence-electron chi connectivity index (χ1n) is 2.21. The Hall–Kier alpha value is -0.120. The summed E-state index contributed by atoms with van der Waals surface area (Å²) in [6.07, 6.45) is 0. The molecule has 2 aliphatic carbocycles. The maximum Gasteiger partial charge on any atom is 0.171 e. The lowest BCUT2D eigenvalue weighted by molar-refractivity contribution is 1.03. The van der Waals surface area contributed by atoms with E-state index in [1.807, 2.05) is 0 Å². The summed E-state index contributed by atoms with van der Waals surface area (Å²) in [7, 11) is 0. The van der Waals surface area contributed by atoms with Gasteiger partial charge in [-0.25, -0.2) is 0 Å². The Labute approximate surface area is 61.6 Å². The van der Waals surface area contributed by atoms with Crippen LogP contribution in [-0.4, -0.2) is 0 Å². The SMILES string of the molecule is FI.c1cc2ccc1-2. The quantitative estimate of drug-likeness (QED) is 0.601. The van der Waals surface area contributed by atoms with Crippen LogP contribution in [0.2, 0.25) is 0 Å². The predicted octanol–water partition coefficient (Wildman–Crippen LogP) is 2.97. The lowest BCUT2D eigenvalue weighted by atomic mass is 9.95. The second-order valence-corrected chi connectivity index (χ2v) is 1.58. The molecule has 2 aliphatic rings. The first kappa shape index (κ1) is 6.01. The maximum atomic E-state index is 9.47. The Balaban J connectivity index is 0.000000147. The molecule has 0 fully saturated rings. The van der Waals surface area contributed by atoms with Gasteiger partial charge in [-0.1, -0.05) is 24.3 Å². The van der Waals surface area contributed by atoms with Crippen molar-refractivity contribution in [3.63, 3.8) is 0 Å². The first-order valence-corrected chi connectivity index (χ1v) is 3.03. The number of benzene rings is 1. The molecule has 0 aliphatic heterocycles. The molecule has 2 rings (SSSR count). The third-order valence-corrected chi connectivity index (χ3v) is 1.22. The summed E-state index contributed by atoms with van der Waals surface area (Å²) in [6, 6.07) is 8.48. The fraction of sp³-hybridized carbons (Fsp3) is 0. The van der Waals surface area contributed by atoms with Gasteiger partial charge in [-0.15, -0.1) is 0 Å². The topological polar surface area (TPSA) is 0 Å². The fourth-order valence-corrected chi connectivity index (χ4v) is 0.663. The van der Waals surface area contributed by atoms with Crippen LogP contribution in [0.3, 0.4) is 0 Å². The van der Waals surface area contributed by atoms with Crippen molar-refractivity contribution in [3.8, 4) is 11.1 Å². The number of rotatable bonds is 0. The van der Waals surface area contributed by atoms with Crippen molar-refractivity contribution in [1.82, 2.24) is 0 Å². The summed E-state index contributed by atoms with van der Waals surface area (Å²) < 4.78 is 9.47. The second-order valence-electron chi connectivity index (χ2n) is 1.58. The Morgan fingerprint density at radius 2 is 1.12 bits per heavy atom. The lowest BCUT2D eigenvalue weighted by Gasteiger charge is -2.10. The van der Waals surface area contributed by atoms with Crippen LogP contribution in [0.25, 0.3) is 11.1 Å². The molecule has 0 amide bonds. The van der Waals surface area contributed by atoms with E-state index in [1.54, 1.807) is 0 Å². The fourth-order valence-electron chi connectivity index (χ4n) is 0.663. The van der Waals surface area contributed by atoms with E-state index in [0.717, 1.165) is 0 Å². The molecule has 0 saturated carbocycles. The monoisotopic (exact) mass is 222 g/mol. The van der Waals surface area contributed by atoms with Gasteiger partial charge >= 0.3 is 0 Å². The average molecular weight is 222 g/mol. The van der Waals surface area contributed by atoms with E-state index in [0.29, 0.717) is 23.2 Å². The molecule has 0 radical (unpaired) electrons. The molecule has 42 valence electrons. The zero-order valence-corrected chi connectivity index (χ0v) is 6.22. The van der Waals surface area contributed by atoms with E-state index < -0.39 is 0 Å². The van der Waals surface area contributed by atoms with Crippen molar-refractivity contribution in [2.75, 3.05) is 0 Å². The molecule has 0 heterocycles. The standard InChI is InChI=1S/C6H4.FI/c1-2-6-4-3-5(1)6;1-2/h1-4H;. The van der Waals surface area contributed by atoms with Crippen LogP contribution in [0.1, 0.15) is 0 Å². The van der Waals surface area contributed by atoms with Crippen molar-refractivity contribution in [3.05, 3.63) is 24.3 Å². The molecule has 0 nitrogen and oxygen atoms in total. The minimum Gasteiger partial charge on any atom is -0.171 e. The molecule has 0 spiro atoms. The van der Waals surface area contributed by atoms with Gasteiger partial charge in [0, 0.05) is 0 Å². The Morgan fingerprint density at radius 3 is 1.12 bits per heavy atom. The van der Waals surface area contributed by atoms with Crippen LogP contribution >= 0.6 is 23.2 Å². The lowest BCUT2D eigenvalue weighted by Crippen LogP contribution is -1.85. The van der Waals surface area contributed by atoms with E-state index in [4.69, 9.17) is 0 Å². The van der Waals surface area contributed by atoms with E-state index in [1.165, 1.54) is 11.1 Å². The third kappa shape index (κ3) is 0.727. The van der Waals surface area contributed by atoms with Crippen molar-refractivity contribution >= 4 is 23.2 Å². The molecule has 0 atom stereocenters. The molecule has 0 bridgehead atoms. The molecule has 0 saturated heterocycles. The van der Waals surface area contributed by atoms with Crippen LogP contribution in [-0.2, 0) is 0 Å². The van der Waals surface area contributed by atoms with E-state index in [2.05, 4.69) is 24.3 Å². The van der Waals surface area contributed by atoms with Crippen molar-refractivity contribution < 1.29 is 2.86 Å². The van der Waals surface area contributed by atoms with Gasteiger partial charge < -0.3 is 0 Å². The highest BCUT2D eigenvalue weighted by Crippen LogP contribution is 2.29. The normalized spacial score (nSPS) is 9.25. The van der Waals surface area contributed by atoms with Crippen LogP contribution in [0, 0.1) is 0 Å². The zero-order valence-electron chi connectivity index (χ0n) is 4.07. The smallest absolute Gasteiger partial charge is 0.171 e. The summed E-state index contributed by atoms with van der Waals surface area (Å²) in [5.74, 6) is 0. The van der Waals surface area contributed by atoms with Crippen molar-refractivity contribution in [1.29, 1.82) is 0 Å². The minimum absolute atomic E-state index is 0.650. The van der Waals surface area contributed by atoms with Gasteiger partial charge in [0.05, 0.1) is 0 Å². The molecule has 2 heteroatoms. The molecule has 8 heavy (non-hydrogen) atoms. The maximum absolute atomic E-state index is 9.47. The minimum atomic E-state index is 0.650. The van der Waals surface area contributed by atoms with Gasteiger partial charge in [-0.2, -0.15) is 2.86 Å². The summed E-state index contributed by atoms with van der Waals surface area (Å²) in [4.78, 5) is 0. The first-order chi connectivity index (χ1) is 3.97. The highest BCUT2D eigenvalue weighted by Gasteiger charge is 2.03. The average Bonchev–Trinajstić information content (AvgIpc) is 1.83. The van der Waals surface area contributed by atoms with Crippen LogP contribution < -0.4 is 0 Å². The van der Waals surface area contributed by atoms with Crippen molar-refractivity contribution in [2.24, 2.45) is 0 Å². The largest absolute Gasteiger partial charge is 0.171 e. The number of fused-ring (bicyclic) bond motifs is 1. The Bertz CT molecular complexity index is 147. The highest BCUT2D eigenvalue weighted by molar-refractivity contribution is 14.1. The van der Waals surface area contributed by atoms with E-state index in [9.17, 15) is 2.86 Å². The van der Waals surface area contributed by atoms with Gasteiger partial charge in [0.15, 0.2) is 23.2 Å². The van der Waals surface area contributed by atoms with Crippen LogP contribution in [0.4, 0.5) is 2.86 Å². The van der Waals surface area contributed by atoms with Crippen LogP contribution in [0.15, 0.2) is 24.3 Å². The van der Waals surface area contributed by atoms with Gasteiger partial charge in [0.1, 0.15) is 0 Å². The summed E-state index contributed by atoms with van der Waals surface area (Å²) in [6.45, 7) is 0. The summed E-state index contributed by atoms with van der Waals surface area (Å²) in [5, 5.41) is 0. The van der Waals surface area contributed by atoms with Gasteiger partial charge in [-0.3, -0.25) is 0 Å². The molecule has 0 aromatic heterocycles. The zero-order chi connectivity index (χ0) is 5.98. The summed E-state index contributed by atoms with van der Waals surface area (Å²) >= 11 is 0.650. The molecule has 0 N–H and O–H groups in total. The summed E-state index contributed by atoms with van der Waals surface area (Å²) in [5.41, 5.74) is 2.85. The van der Waals surface area contributed by atoms with E-state index in [-0.39, 0.29) is 0 Å². The molecule has 0 aromatic rings. The number of halogens is 2. The second kappa shape index (κ2) is 2.44. The van der Waals surface area contributed by atoms with Gasteiger partial charge in [0.25, 0.3) is 0 Å². The van der Waals surface area contributed by atoms with E-state index >= 15 is 0 Å². The van der Waals surface area contributed by atoms with Gasteiger partial charge in [0.2, 0.25) is 0 Å². The number of hydrogen-bond donors (Lipinski definition) is 0. The van der Waals surface area contributed by atoms with Crippen LogP contribution in [0.5, 0.6) is 0 Å². The molecule has 0 unspecified atom stereocenters. The Kier molecular flexibility index (Phi) is 1.83. The third-order valence-electron chi connectivity index (χ3n) is 1.22. The molecule has 0 aromatic carbocycles. The molecular formula is C6H4FI. The predicted molar refractivity (Wildman–Crippen MR) is 40.6 cm³/mol. The molecular weight excluding hydrogens is 218 g/mol. The van der Waals surface area contributed by atoms with Gasteiger partial charge in [-0.05, 0) is 11.1 Å².